The summed E-state index contributed by atoms with van der Waals surface area (Å²) in [5.41, 5.74) is 1.41. The summed E-state index contributed by atoms with van der Waals surface area (Å²) in [5, 5.41) is 13.6. The molecule has 1 aromatic heterocycles. The summed E-state index contributed by atoms with van der Waals surface area (Å²) >= 11 is 5.97. The molecule has 1 amide bonds. The van der Waals surface area contributed by atoms with E-state index < -0.39 is 10.8 Å². The smallest absolute Gasteiger partial charge is 0.322 e. The topological polar surface area (TPSA) is 99.2 Å². The number of imidazole rings is 1. The van der Waals surface area contributed by atoms with Crippen molar-refractivity contribution in [3.05, 3.63) is 67.6 Å². The monoisotopic (exact) mass is 360 g/mol. The summed E-state index contributed by atoms with van der Waals surface area (Å²) in [7, 11) is 3.29. The van der Waals surface area contributed by atoms with Crippen LogP contribution in [0.3, 0.4) is 0 Å². The Bertz CT molecular complexity index is 1080. The molecule has 0 bridgehead atoms. The fraction of sp³-hybridized carbons (Fsp3) is 0.125. The predicted octanol–water partition coefficient (Wildman–Crippen LogP) is 2.69. The summed E-state index contributed by atoms with van der Waals surface area (Å²) < 4.78 is 2.96. The number of aromatic nitrogens is 2. The lowest BCUT2D eigenvalue weighted by Gasteiger charge is -2.07. The molecule has 25 heavy (non-hydrogen) atoms. The van der Waals surface area contributed by atoms with Crippen LogP contribution in [0, 0.1) is 10.1 Å². The molecule has 0 saturated carbocycles. The number of halogens is 1. The first-order chi connectivity index (χ1) is 11.8. The first-order valence-corrected chi connectivity index (χ1v) is 7.58. The van der Waals surface area contributed by atoms with Crippen LogP contribution in [0.25, 0.3) is 11.0 Å². The Labute approximate surface area is 146 Å². The molecule has 0 saturated heterocycles. The number of hydrogen-bond acceptors (Lipinski definition) is 4. The molecule has 0 aliphatic carbocycles. The summed E-state index contributed by atoms with van der Waals surface area (Å²) in [4.78, 5) is 34.6. The zero-order valence-electron chi connectivity index (χ0n) is 13.3. The maximum atomic E-state index is 12.4. The molecular formula is C16H13ClN4O4. The number of rotatable bonds is 3. The Morgan fingerprint density at radius 3 is 2.48 bits per heavy atom. The molecule has 0 aliphatic heterocycles. The van der Waals surface area contributed by atoms with Gasteiger partial charge in [0.05, 0.1) is 26.5 Å². The lowest BCUT2D eigenvalue weighted by molar-refractivity contribution is -0.384. The molecule has 0 aliphatic rings. The second-order valence-electron chi connectivity index (χ2n) is 5.48. The Balaban J connectivity index is 1.97. The van der Waals surface area contributed by atoms with E-state index in [4.69, 9.17) is 11.6 Å². The Morgan fingerprint density at radius 2 is 1.80 bits per heavy atom. The number of nitro groups is 1. The second kappa shape index (κ2) is 6.06. The normalized spacial score (nSPS) is 10.8. The molecule has 0 unspecified atom stereocenters. The highest BCUT2D eigenvalue weighted by molar-refractivity contribution is 6.34. The lowest BCUT2D eigenvalue weighted by Crippen LogP contribution is -2.19. The quantitative estimate of drug-likeness (QED) is 0.573. The maximum absolute atomic E-state index is 12.4. The maximum Gasteiger partial charge on any atom is 0.328 e. The number of nitrogens with zero attached hydrogens (tertiary/aromatic N) is 3. The van der Waals surface area contributed by atoms with Gasteiger partial charge in [-0.05, 0) is 24.3 Å². The summed E-state index contributed by atoms with van der Waals surface area (Å²) in [5.74, 6) is -0.575. The fourth-order valence-electron chi connectivity index (χ4n) is 2.58. The van der Waals surface area contributed by atoms with Gasteiger partial charge in [-0.25, -0.2) is 4.79 Å². The van der Waals surface area contributed by atoms with E-state index in [2.05, 4.69) is 5.32 Å². The molecule has 0 fully saturated rings. The average molecular weight is 361 g/mol. The standard InChI is InChI=1S/C16H13ClN4O4/c1-19-13-6-3-9(7-14(13)20(2)16(19)23)18-15(22)11-8-10(21(24)25)4-5-12(11)17/h3-8H,1-2H3,(H,18,22). The van der Waals surface area contributed by atoms with Gasteiger partial charge in [-0.1, -0.05) is 11.6 Å². The molecule has 128 valence electrons. The summed E-state index contributed by atoms with van der Waals surface area (Å²) in [6.07, 6.45) is 0. The van der Waals surface area contributed by atoms with E-state index in [1.807, 2.05) is 0 Å². The van der Waals surface area contributed by atoms with Gasteiger partial charge < -0.3 is 5.32 Å². The van der Waals surface area contributed by atoms with Gasteiger partial charge >= 0.3 is 5.69 Å². The van der Waals surface area contributed by atoms with Gasteiger partial charge in [0.1, 0.15) is 0 Å². The van der Waals surface area contributed by atoms with Gasteiger partial charge in [0.15, 0.2) is 0 Å². The van der Waals surface area contributed by atoms with Gasteiger partial charge in [0, 0.05) is 31.9 Å². The number of nitro benzene ring substituents is 1. The third kappa shape index (κ3) is 2.87. The summed E-state index contributed by atoms with van der Waals surface area (Å²) in [6, 6.07) is 8.66. The number of aryl methyl sites for hydroxylation is 2. The van der Waals surface area contributed by atoms with Crippen molar-refractivity contribution in [3.8, 4) is 0 Å². The number of anilines is 1. The van der Waals surface area contributed by atoms with Crippen LogP contribution in [0.15, 0.2) is 41.2 Å². The number of carbonyl (C=O) groups excluding carboxylic acids is 1. The number of non-ortho nitro benzene ring substituents is 1. The van der Waals surface area contributed by atoms with Crippen molar-refractivity contribution in [1.29, 1.82) is 0 Å². The highest BCUT2D eigenvalue weighted by Crippen LogP contribution is 2.24. The van der Waals surface area contributed by atoms with E-state index in [1.165, 1.54) is 21.3 Å². The minimum atomic E-state index is -0.598. The van der Waals surface area contributed by atoms with Crippen LogP contribution in [-0.2, 0) is 14.1 Å². The van der Waals surface area contributed by atoms with Crippen LogP contribution >= 0.6 is 11.6 Å². The number of fused-ring (bicyclic) bond motifs is 1. The molecule has 1 N–H and O–H groups in total. The van der Waals surface area contributed by atoms with E-state index in [-0.39, 0.29) is 22.0 Å². The molecule has 8 nitrogen and oxygen atoms in total. The van der Waals surface area contributed by atoms with Gasteiger partial charge in [-0.3, -0.25) is 24.0 Å². The first-order valence-electron chi connectivity index (χ1n) is 7.20. The van der Waals surface area contributed by atoms with Crippen molar-refractivity contribution in [2.24, 2.45) is 14.1 Å². The van der Waals surface area contributed by atoms with Crippen LogP contribution in [0.1, 0.15) is 10.4 Å². The molecule has 0 radical (unpaired) electrons. The fourth-order valence-corrected chi connectivity index (χ4v) is 2.79. The minimum absolute atomic E-state index is 0.00193. The van der Waals surface area contributed by atoms with Crippen molar-refractivity contribution >= 4 is 39.9 Å². The molecule has 0 atom stereocenters. The Hall–Kier alpha value is -3.13. The molecule has 3 rings (SSSR count). The van der Waals surface area contributed by atoms with E-state index in [9.17, 15) is 19.7 Å². The van der Waals surface area contributed by atoms with Gasteiger partial charge in [0.25, 0.3) is 11.6 Å². The number of nitrogens with one attached hydrogen (secondary N) is 1. The minimum Gasteiger partial charge on any atom is -0.322 e. The van der Waals surface area contributed by atoms with E-state index in [0.29, 0.717) is 11.2 Å². The molecule has 3 aromatic rings. The SMILES string of the molecule is Cn1c(=O)n(C)c2cc(NC(=O)c3cc([N+](=O)[O-])ccc3Cl)ccc21. The van der Waals surface area contributed by atoms with Crippen LogP contribution in [0.4, 0.5) is 11.4 Å². The second-order valence-corrected chi connectivity index (χ2v) is 5.89. The number of carbonyl (C=O) groups is 1. The van der Waals surface area contributed by atoms with Gasteiger partial charge in [0.2, 0.25) is 0 Å². The highest BCUT2D eigenvalue weighted by Gasteiger charge is 2.17. The summed E-state index contributed by atoms with van der Waals surface area (Å²) in [6.45, 7) is 0. The predicted molar refractivity (Wildman–Crippen MR) is 94.2 cm³/mol. The largest absolute Gasteiger partial charge is 0.328 e. The van der Waals surface area contributed by atoms with Crippen molar-refractivity contribution in [2.45, 2.75) is 0 Å². The van der Waals surface area contributed by atoms with Gasteiger partial charge in [-0.15, -0.1) is 0 Å². The Morgan fingerprint density at radius 1 is 1.12 bits per heavy atom. The van der Waals surface area contributed by atoms with Crippen LogP contribution in [-0.4, -0.2) is 20.0 Å². The Kier molecular flexibility index (Phi) is 4.05. The number of hydrogen-bond donors (Lipinski definition) is 1. The molecule has 2 aromatic carbocycles. The zero-order valence-corrected chi connectivity index (χ0v) is 14.1. The van der Waals surface area contributed by atoms with Crippen molar-refractivity contribution < 1.29 is 9.72 Å². The molecular weight excluding hydrogens is 348 g/mol. The van der Waals surface area contributed by atoms with E-state index in [0.717, 1.165) is 11.6 Å². The molecule has 0 spiro atoms. The number of amides is 1. The molecule has 9 heteroatoms. The van der Waals surface area contributed by atoms with E-state index in [1.54, 1.807) is 32.3 Å². The van der Waals surface area contributed by atoms with Gasteiger partial charge in [-0.2, -0.15) is 0 Å². The highest BCUT2D eigenvalue weighted by atomic mass is 35.5. The van der Waals surface area contributed by atoms with Crippen molar-refractivity contribution in [2.75, 3.05) is 5.32 Å². The third-order valence-electron chi connectivity index (χ3n) is 3.94. The lowest BCUT2D eigenvalue weighted by atomic mass is 10.1. The zero-order chi connectivity index (χ0) is 18.3. The van der Waals surface area contributed by atoms with Crippen LogP contribution in [0.2, 0.25) is 5.02 Å². The van der Waals surface area contributed by atoms with Crippen molar-refractivity contribution in [3.63, 3.8) is 0 Å². The third-order valence-corrected chi connectivity index (χ3v) is 4.26. The van der Waals surface area contributed by atoms with Crippen molar-refractivity contribution in [1.82, 2.24) is 9.13 Å². The average Bonchev–Trinajstić information content (AvgIpc) is 2.79. The van der Waals surface area contributed by atoms with E-state index >= 15 is 0 Å². The first kappa shape index (κ1) is 16.7. The molecule has 1 heterocycles. The van der Waals surface area contributed by atoms with Crippen LogP contribution < -0.4 is 11.0 Å². The van der Waals surface area contributed by atoms with Crippen LogP contribution in [0.5, 0.6) is 0 Å². The number of benzene rings is 2.